The van der Waals surface area contributed by atoms with E-state index in [1.54, 1.807) is 36.4 Å². The average molecular weight is 520 g/mol. The number of methoxy groups -OCH3 is 1. The van der Waals surface area contributed by atoms with E-state index < -0.39 is 6.35 Å². The van der Waals surface area contributed by atoms with E-state index in [2.05, 4.69) is 11.1 Å². The molecule has 0 fully saturated rings. The summed E-state index contributed by atoms with van der Waals surface area (Å²) in [5.74, 6) is 8.13. The Kier molecular flexibility index (Phi) is 8.03. The first kappa shape index (κ1) is 25.7. The van der Waals surface area contributed by atoms with Crippen molar-refractivity contribution >= 4 is 17.3 Å². The lowest BCUT2D eigenvalue weighted by atomic mass is 10.1. The van der Waals surface area contributed by atoms with Crippen molar-refractivity contribution in [3.63, 3.8) is 0 Å². The summed E-state index contributed by atoms with van der Waals surface area (Å²) in [4.78, 5) is 4.67. The quantitative estimate of drug-likeness (QED) is 0.399. The average Bonchev–Trinajstić information content (AvgIpc) is 2.90. The molecule has 0 aromatic heterocycles. The lowest BCUT2D eigenvalue weighted by Crippen LogP contribution is -2.49. The molecule has 4 N–H and O–H groups in total. The molecular weight excluding hydrogens is 494 g/mol. The van der Waals surface area contributed by atoms with Gasteiger partial charge in [-0.05, 0) is 36.8 Å². The Bertz CT molecular complexity index is 1370. The molecule has 3 aromatic rings. The fourth-order valence-electron chi connectivity index (χ4n) is 3.63. The fraction of sp³-hybridized carbons (Fsp3) is 0.185. The molecule has 9 nitrogen and oxygen atoms in total. The lowest BCUT2D eigenvalue weighted by Gasteiger charge is -2.33. The van der Waals surface area contributed by atoms with Gasteiger partial charge in [0, 0.05) is 23.6 Å². The number of aliphatic imine (C=N–C) groups is 1. The van der Waals surface area contributed by atoms with Crippen LogP contribution in [0, 0.1) is 11.3 Å². The zero-order valence-electron chi connectivity index (χ0n) is 20.3. The third-order valence-corrected chi connectivity index (χ3v) is 5.61. The number of ether oxygens (including phenoxy) is 4. The molecule has 0 radical (unpaired) electrons. The van der Waals surface area contributed by atoms with E-state index in [1.165, 1.54) is 12.1 Å². The molecule has 190 valence electrons. The maximum Gasteiger partial charge on any atom is 0.286 e. The molecule has 4 rings (SSSR count). The van der Waals surface area contributed by atoms with Crippen LogP contribution in [0.2, 0.25) is 5.02 Å². The van der Waals surface area contributed by atoms with Crippen molar-refractivity contribution < 1.29 is 18.9 Å². The lowest BCUT2D eigenvalue weighted by molar-refractivity contribution is 0.0219. The molecule has 0 bridgehead atoms. The first-order valence-corrected chi connectivity index (χ1v) is 11.8. The van der Waals surface area contributed by atoms with Crippen molar-refractivity contribution in [2.75, 3.05) is 13.7 Å². The van der Waals surface area contributed by atoms with E-state index >= 15 is 0 Å². The summed E-state index contributed by atoms with van der Waals surface area (Å²) < 4.78 is 23.2. The number of nitrogens with zero attached hydrogens (tertiary/aromatic N) is 3. The molecule has 1 atom stereocenters. The SMILES string of the molecule is CCOc1ccc(C#N)cc1OC1=C(N)C(Cc2ccccc2)=NC(Oc2cc(Cl)cc(OC)c2)N1N. The number of hydrogen-bond donors (Lipinski definition) is 2. The highest BCUT2D eigenvalue weighted by molar-refractivity contribution is 6.30. The monoisotopic (exact) mass is 519 g/mol. The molecule has 3 aromatic carbocycles. The van der Waals surface area contributed by atoms with Gasteiger partial charge in [0.25, 0.3) is 6.35 Å². The summed E-state index contributed by atoms with van der Waals surface area (Å²) in [6.45, 7) is 2.24. The summed E-state index contributed by atoms with van der Waals surface area (Å²) in [5, 5.41) is 11.0. The molecule has 1 unspecified atom stereocenters. The zero-order chi connectivity index (χ0) is 26.4. The van der Waals surface area contributed by atoms with Crippen LogP contribution in [0.3, 0.4) is 0 Å². The molecule has 0 saturated heterocycles. The third kappa shape index (κ3) is 6.06. The second-order valence-corrected chi connectivity index (χ2v) is 8.38. The molecular formula is C27H26ClN5O4. The van der Waals surface area contributed by atoms with E-state index in [4.69, 9.17) is 42.1 Å². The molecule has 0 amide bonds. The van der Waals surface area contributed by atoms with E-state index in [0.29, 0.717) is 46.6 Å². The molecule has 0 saturated carbocycles. The maximum atomic E-state index is 9.39. The van der Waals surface area contributed by atoms with E-state index in [9.17, 15) is 5.26 Å². The van der Waals surface area contributed by atoms with Crippen molar-refractivity contribution in [3.8, 4) is 29.1 Å². The number of benzene rings is 3. The Morgan fingerprint density at radius 2 is 1.81 bits per heavy atom. The van der Waals surface area contributed by atoms with Crippen molar-refractivity contribution in [1.29, 1.82) is 5.26 Å². The minimum Gasteiger partial charge on any atom is -0.497 e. The second kappa shape index (κ2) is 11.6. The zero-order valence-corrected chi connectivity index (χ0v) is 21.1. The first-order valence-electron chi connectivity index (χ1n) is 11.4. The van der Waals surface area contributed by atoms with Crippen LogP contribution in [0.4, 0.5) is 0 Å². The van der Waals surface area contributed by atoms with Gasteiger partial charge in [0.2, 0.25) is 5.88 Å². The van der Waals surface area contributed by atoms with Gasteiger partial charge >= 0.3 is 0 Å². The van der Waals surface area contributed by atoms with Crippen LogP contribution in [0.25, 0.3) is 0 Å². The predicted octanol–water partition coefficient (Wildman–Crippen LogP) is 4.36. The van der Waals surface area contributed by atoms with Crippen LogP contribution in [-0.4, -0.2) is 30.8 Å². The Hall–Kier alpha value is -4.39. The molecule has 1 aliphatic rings. The van der Waals surface area contributed by atoms with Crippen LogP contribution in [-0.2, 0) is 6.42 Å². The van der Waals surface area contributed by atoms with Crippen LogP contribution in [0.1, 0.15) is 18.1 Å². The number of nitrogens with two attached hydrogens (primary N) is 2. The van der Waals surface area contributed by atoms with Gasteiger partial charge < -0.3 is 24.7 Å². The number of allylic oxidation sites excluding steroid dienone is 1. The summed E-state index contributed by atoms with van der Waals surface area (Å²) >= 11 is 6.22. The summed E-state index contributed by atoms with van der Waals surface area (Å²) in [6, 6.07) is 21.6. The van der Waals surface area contributed by atoms with Gasteiger partial charge in [0.1, 0.15) is 17.2 Å². The highest BCUT2D eigenvalue weighted by Crippen LogP contribution is 2.33. The van der Waals surface area contributed by atoms with Gasteiger partial charge in [0.15, 0.2) is 11.5 Å². The minimum atomic E-state index is -1.04. The summed E-state index contributed by atoms with van der Waals surface area (Å²) in [6.07, 6.45) is -0.637. The Morgan fingerprint density at radius 3 is 2.51 bits per heavy atom. The Labute approximate surface area is 220 Å². The molecule has 0 aliphatic carbocycles. The van der Waals surface area contributed by atoms with Gasteiger partial charge in [-0.1, -0.05) is 41.9 Å². The van der Waals surface area contributed by atoms with E-state index in [0.717, 1.165) is 5.56 Å². The van der Waals surface area contributed by atoms with Gasteiger partial charge in [-0.15, -0.1) is 0 Å². The molecule has 10 heteroatoms. The number of halogens is 1. The largest absolute Gasteiger partial charge is 0.497 e. The van der Waals surface area contributed by atoms with Gasteiger partial charge in [-0.25, -0.2) is 15.8 Å². The normalized spacial score (nSPS) is 15.1. The smallest absolute Gasteiger partial charge is 0.286 e. The molecule has 37 heavy (non-hydrogen) atoms. The number of hydrogen-bond acceptors (Lipinski definition) is 9. The third-order valence-electron chi connectivity index (χ3n) is 5.40. The van der Waals surface area contributed by atoms with Crippen molar-refractivity contribution in [2.24, 2.45) is 16.6 Å². The fourth-order valence-corrected chi connectivity index (χ4v) is 3.84. The predicted molar refractivity (Wildman–Crippen MR) is 140 cm³/mol. The topological polar surface area (TPSA) is 128 Å². The summed E-state index contributed by atoms with van der Waals surface area (Å²) in [5.41, 5.74) is 8.63. The standard InChI is InChI=1S/C27H26ClN5O4/c1-3-35-23-10-9-18(16-29)12-24(23)37-26-25(30)22(11-17-7-5-4-6-8-17)32-27(33(26)31)36-21-14-19(28)13-20(15-21)34-2/h4-10,12-15,27H,3,11,30-31H2,1-2H3. The Balaban J connectivity index is 1.74. The number of nitriles is 1. The number of hydrazine groups is 1. The van der Waals surface area contributed by atoms with Crippen LogP contribution in [0.15, 0.2) is 83.3 Å². The second-order valence-electron chi connectivity index (χ2n) is 7.94. The van der Waals surface area contributed by atoms with Gasteiger partial charge in [-0.2, -0.15) is 5.26 Å². The molecule has 1 heterocycles. The van der Waals surface area contributed by atoms with Crippen molar-refractivity contribution in [2.45, 2.75) is 19.7 Å². The molecule has 1 aliphatic heterocycles. The van der Waals surface area contributed by atoms with Crippen LogP contribution < -0.4 is 30.5 Å². The highest BCUT2D eigenvalue weighted by atomic mass is 35.5. The van der Waals surface area contributed by atoms with Gasteiger partial charge in [0.05, 0.1) is 31.1 Å². The molecule has 0 spiro atoms. The minimum absolute atomic E-state index is 0.0935. The maximum absolute atomic E-state index is 9.39. The van der Waals surface area contributed by atoms with E-state index in [1.807, 2.05) is 37.3 Å². The summed E-state index contributed by atoms with van der Waals surface area (Å²) in [7, 11) is 1.53. The Morgan fingerprint density at radius 1 is 1.05 bits per heavy atom. The van der Waals surface area contributed by atoms with Gasteiger partial charge in [-0.3, -0.25) is 0 Å². The van der Waals surface area contributed by atoms with Crippen molar-refractivity contribution in [3.05, 3.63) is 94.5 Å². The van der Waals surface area contributed by atoms with Crippen LogP contribution >= 0.6 is 11.6 Å². The first-order chi connectivity index (χ1) is 17.9. The van der Waals surface area contributed by atoms with Crippen molar-refractivity contribution in [1.82, 2.24) is 5.01 Å². The number of rotatable bonds is 9. The van der Waals surface area contributed by atoms with Crippen LogP contribution in [0.5, 0.6) is 23.0 Å². The highest BCUT2D eigenvalue weighted by Gasteiger charge is 2.32. The van der Waals surface area contributed by atoms with E-state index in [-0.39, 0.29) is 17.3 Å².